The quantitative estimate of drug-likeness (QED) is 0.748. The second kappa shape index (κ2) is 7.62. The lowest BCUT2D eigenvalue weighted by Gasteiger charge is -2.26. The summed E-state index contributed by atoms with van der Waals surface area (Å²) in [6.45, 7) is 10.8. The Morgan fingerprint density at radius 1 is 1.14 bits per heavy atom. The van der Waals surface area contributed by atoms with Gasteiger partial charge in [-0.3, -0.25) is 0 Å². The Labute approximate surface area is 129 Å². The van der Waals surface area contributed by atoms with Gasteiger partial charge in [0.05, 0.1) is 0 Å². The van der Waals surface area contributed by atoms with Crippen molar-refractivity contribution >= 4 is 11.6 Å². The maximum Gasteiger partial charge on any atom is 0.137 e. The third-order valence-electron chi connectivity index (χ3n) is 4.04. The first-order valence-corrected chi connectivity index (χ1v) is 8.59. The average Bonchev–Trinajstić information content (AvgIpc) is 3.32. The molecule has 0 amide bonds. The molecule has 1 N–H and O–H groups in total. The van der Waals surface area contributed by atoms with E-state index in [0.29, 0.717) is 6.04 Å². The molecule has 0 aliphatic heterocycles. The summed E-state index contributed by atoms with van der Waals surface area (Å²) in [5.74, 6) is 3.15. The van der Waals surface area contributed by atoms with Crippen molar-refractivity contribution in [1.29, 1.82) is 0 Å². The molecular weight excluding hydrogens is 260 g/mol. The van der Waals surface area contributed by atoms with Crippen LogP contribution in [0.3, 0.4) is 0 Å². The summed E-state index contributed by atoms with van der Waals surface area (Å²) in [6, 6.07) is 0.703. The van der Waals surface area contributed by atoms with Gasteiger partial charge in [-0.25, -0.2) is 9.97 Å². The molecule has 1 aromatic heterocycles. The van der Waals surface area contributed by atoms with Crippen LogP contribution in [0.25, 0.3) is 0 Å². The monoisotopic (exact) mass is 290 g/mol. The van der Waals surface area contributed by atoms with Gasteiger partial charge < -0.3 is 10.2 Å². The lowest BCUT2D eigenvalue weighted by Crippen LogP contribution is -2.29. The molecule has 0 bridgehead atoms. The first kappa shape index (κ1) is 16.1. The Bertz CT molecular complexity index is 454. The van der Waals surface area contributed by atoms with Gasteiger partial charge in [0.15, 0.2) is 0 Å². The summed E-state index contributed by atoms with van der Waals surface area (Å²) in [6.07, 6.45) is 7.09. The van der Waals surface area contributed by atoms with Crippen LogP contribution in [0.5, 0.6) is 0 Å². The minimum Gasteiger partial charge on any atom is -0.370 e. The zero-order valence-electron chi connectivity index (χ0n) is 14.1. The van der Waals surface area contributed by atoms with Gasteiger partial charge in [0.1, 0.15) is 17.5 Å². The fourth-order valence-electron chi connectivity index (χ4n) is 2.58. The van der Waals surface area contributed by atoms with E-state index in [0.717, 1.165) is 43.4 Å². The van der Waals surface area contributed by atoms with E-state index >= 15 is 0 Å². The van der Waals surface area contributed by atoms with Gasteiger partial charge in [0.2, 0.25) is 0 Å². The first-order valence-electron chi connectivity index (χ1n) is 8.59. The summed E-state index contributed by atoms with van der Waals surface area (Å²) in [4.78, 5) is 12.1. The molecule has 2 rings (SSSR count). The van der Waals surface area contributed by atoms with Crippen LogP contribution in [0.4, 0.5) is 11.6 Å². The second-order valence-electron chi connectivity index (χ2n) is 6.00. The van der Waals surface area contributed by atoms with Gasteiger partial charge in [-0.05, 0) is 32.6 Å². The first-order chi connectivity index (χ1) is 10.2. The highest BCUT2D eigenvalue weighted by Gasteiger charge is 2.31. The standard InChI is InChI=1S/C17H30N4/c1-5-8-12-21(14-9-10-14)17-13(4)16(18-11-6-2)19-15(7-3)20-17/h14H,5-12H2,1-4H3,(H,18,19,20). The van der Waals surface area contributed by atoms with E-state index in [1.54, 1.807) is 0 Å². The average molecular weight is 290 g/mol. The maximum absolute atomic E-state index is 4.85. The smallest absolute Gasteiger partial charge is 0.137 e. The summed E-state index contributed by atoms with van der Waals surface area (Å²) in [5.41, 5.74) is 1.21. The predicted molar refractivity (Wildman–Crippen MR) is 90.2 cm³/mol. The molecule has 0 saturated heterocycles. The van der Waals surface area contributed by atoms with Crippen LogP contribution in [-0.2, 0) is 6.42 Å². The summed E-state index contributed by atoms with van der Waals surface area (Å²) in [7, 11) is 0. The highest BCUT2D eigenvalue weighted by atomic mass is 15.2. The molecule has 0 atom stereocenters. The van der Waals surface area contributed by atoms with Gasteiger partial charge >= 0.3 is 0 Å². The number of hydrogen-bond donors (Lipinski definition) is 1. The molecule has 21 heavy (non-hydrogen) atoms. The third-order valence-corrected chi connectivity index (χ3v) is 4.04. The van der Waals surface area contributed by atoms with Crippen molar-refractivity contribution < 1.29 is 0 Å². The molecule has 1 aliphatic carbocycles. The number of aromatic nitrogens is 2. The molecular formula is C17H30N4. The Kier molecular flexibility index (Phi) is 5.83. The Morgan fingerprint density at radius 2 is 1.90 bits per heavy atom. The lowest BCUT2D eigenvalue weighted by atomic mass is 10.2. The number of nitrogens with one attached hydrogen (secondary N) is 1. The maximum atomic E-state index is 4.85. The molecule has 1 aliphatic rings. The molecule has 1 heterocycles. The number of anilines is 2. The highest BCUT2D eigenvalue weighted by molar-refractivity contribution is 5.59. The lowest BCUT2D eigenvalue weighted by molar-refractivity contribution is 0.697. The molecule has 0 radical (unpaired) electrons. The molecule has 4 nitrogen and oxygen atoms in total. The van der Waals surface area contributed by atoms with Crippen LogP contribution in [-0.4, -0.2) is 29.1 Å². The van der Waals surface area contributed by atoms with Crippen molar-refractivity contribution in [1.82, 2.24) is 9.97 Å². The van der Waals surface area contributed by atoms with E-state index in [1.165, 1.54) is 31.2 Å². The van der Waals surface area contributed by atoms with Crippen molar-refractivity contribution in [2.45, 2.75) is 72.3 Å². The fraction of sp³-hybridized carbons (Fsp3) is 0.765. The minimum absolute atomic E-state index is 0.703. The fourth-order valence-corrected chi connectivity index (χ4v) is 2.58. The van der Waals surface area contributed by atoms with E-state index < -0.39 is 0 Å². The Hall–Kier alpha value is -1.32. The molecule has 0 aromatic carbocycles. The van der Waals surface area contributed by atoms with Crippen molar-refractivity contribution in [3.63, 3.8) is 0 Å². The minimum atomic E-state index is 0.703. The summed E-state index contributed by atoms with van der Waals surface area (Å²) >= 11 is 0. The molecule has 1 saturated carbocycles. The van der Waals surface area contributed by atoms with Gasteiger partial charge in [-0.2, -0.15) is 0 Å². The molecule has 4 heteroatoms. The molecule has 1 fully saturated rings. The van der Waals surface area contributed by atoms with Crippen molar-refractivity contribution in [2.24, 2.45) is 0 Å². The number of rotatable bonds is 9. The zero-order chi connectivity index (χ0) is 15.2. The number of aryl methyl sites for hydroxylation is 1. The normalized spacial score (nSPS) is 14.3. The van der Waals surface area contributed by atoms with E-state index in [-0.39, 0.29) is 0 Å². The zero-order valence-corrected chi connectivity index (χ0v) is 14.1. The number of nitrogens with zero attached hydrogens (tertiary/aromatic N) is 3. The number of unbranched alkanes of at least 4 members (excludes halogenated alkanes) is 1. The second-order valence-corrected chi connectivity index (χ2v) is 6.00. The highest BCUT2D eigenvalue weighted by Crippen LogP contribution is 2.34. The van der Waals surface area contributed by atoms with Crippen LogP contribution in [0, 0.1) is 6.92 Å². The number of hydrogen-bond acceptors (Lipinski definition) is 4. The van der Waals surface area contributed by atoms with Gasteiger partial charge in [0, 0.05) is 31.1 Å². The van der Waals surface area contributed by atoms with Crippen molar-refractivity contribution in [3.8, 4) is 0 Å². The van der Waals surface area contributed by atoms with E-state index in [1.807, 2.05) is 0 Å². The summed E-state index contributed by atoms with van der Waals surface area (Å²) in [5, 5.41) is 3.47. The molecule has 0 unspecified atom stereocenters. The molecule has 1 aromatic rings. The molecule has 118 valence electrons. The van der Waals surface area contributed by atoms with E-state index in [2.05, 4.69) is 42.9 Å². The van der Waals surface area contributed by atoms with Gasteiger partial charge in [-0.15, -0.1) is 0 Å². The van der Waals surface area contributed by atoms with Crippen molar-refractivity contribution in [2.75, 3.05) is 23.3 Å². The van der Waals surface area contributed by atoms with Gasteiger partial charge in [0.25, 0.3) is 0 Å². The van der Waals surface area contributed by atoms with Gasteiger partial charge in [-0.1, -0.05) is 27.2 Å². The largest absolute Gasteiger partial charge is 0.370 e. The van der Waals surface area contributed by atoms with Crippen LogP contribution >= 0.6 is 0 Å². The SMILES string of the molecule is CCCCN(c1nc(CC)nc(NCCC)c1C)C1CC1. The molecule has 0 spiro atoms. The van der Waals surface area contributed by atoms with Crippen LogP contribution in [0.2, 0.25) is 0 Å². The van der Waals surface area contributed by atoms with E-state index in [9.17, 15) is 0 Å². The Balaban J connectivity index is 2.30. The topological polar surface area (TPSA) is 41.1 Å². The van der Waals surface area contributed by atoms with Crippen LogP contribution in [0.15, 0.2) is 0 Å². The Morgan fingerprint density at radius 3 is 2.48 bits per heavy atom. The summed E-state index contributed by atoms with van der Waals surface area (Å²) < 4.78 is 0. The predicted octanol–water partition coefficient (Wildman–Crippen LogP) is 3.94. The third kappa shape index (κ3) is 4.08. The van der Waals surface area contributed by atoms with Crippen LogP contribution < -0.4 is 10.2 Å². The van der Waals surface area contributed by atoms with E-state index in [4.69, 9.17) is 4.98 Å². The van der Waals surface area contributed by atoms with Crippen molar-refractivity contribution in [3.05, 3.63) is 11.4 Å². The van der Waals surface area contributed by atoms with Crippen LogP contribution in [0.1, 0.15) is 64.3 Å².